The fourth-order valence-electron chi connectivity index (χ4n) is 2.89. The minimum atomic E-state index is -0.156. The third-order valence-corrected chi connectivity index (χ3v) is 4.20. The monoisotopic (exact) mass is 314 g/mol. The van der Waals surface area contributed by atoms with Crippen LogP contribution in [0.25, 0.3) is 0 Å². The fraction of sp³-hybridized carbons (Fsp3) is 0.444. The van der Waals surface area contributed by atoms with E-state index in [-0.39, 0.29) is 17.9 Å². The standard InChI is InChI=1S/C18H22N2O3/c1-11(2)17-19-12(3)16(23-17)18(21)20-10-14(22-4)9-13-7-5-6-8-15(13)20/h5-8,11,14H,9-10H2,1-4H3/t14-/m0/s1. The third-order valence-electron chi connectivity index (χ3n) is 4.20. The molecule has 5 nitrogen and oxygen atoms in total. The van der Waals surface area contributed by atoms with Crippen molar-refractivity contribution in [3.63, 3.8) is 0 Å². The predicted octanol–water partition coefficient (Wildman–Crippen LogP) is 3.32. The van der Waals surface area contributed by atoms with E-state index >= 15 is 0 Å². The van der Waals surface area contributed by atoms with Crippen molar-refractivity contribution >= 4 is 11.6 Å². The van der Waals surface area contributed by atoms with E-state index in [9.17, 15) is 4.79 Å². The number of nitrogens with zero attached hydrogens (tertiary/aromatic N) is 2. The minimum Gasteiger partial charge on any atom is -0.435 e. The van der Waals surface area contributed by atoms with Crippen LogP contribution in [0.2, 0.25) is 0 Å². The summed E-state index contributed by atoms with van der Waals surface area (Å²) in [5.41, 5.74) is 2.67. The van der Waals surface area contributed by atoms with Crippen LogP contribution in [0.1, 0.15) is 47.5 Å². The van der Waals surface area contributed by atoms with E-state index in [4.69, 9.17) is 9.15 Å². The van der Waals surface area contributed by atoms with E-state index < -0.39 is 0 Å². The molecular weight excluding hydrogens is 292 g/mol. The quantitative estimate of drug-likeness (QED) is 0.872. The molecule has 0 radical (unpaired) electrons. The first-order chi connectivity index (χ1) is 11.0. The number of para-hydroxylation sites is 1. The van der Waals surface area contributed by atoms with Crippen LogP contribution in [0, 0.1) is 6.92 Å². The van der Waals surface area contributed by atoms with E-state index in [1.165, 1.54) is 0 Å². The van der Waals surface area contributed by atoms with Gasteiger partial charge in [0.2, 0.25) is 5.76 Å². The van der Waals surface area contributed by atoms with Gasteiger partial charge in [0, 0.05) is 25.1 Å². The summed E-state index contributed by atoms with van der Waals surface area (Å²) in [7, 11) is 1.68. The number of aryl methyl sites for hydroxylation is 1. The summed E-state index contributed by atoms with van der Waals surface area (Å²) in [5, 5.41) is 0. The molecule has 23 heavy (non-hydrogen) atoms. The number of oxazole rings is 1. The molecule has 0 saturated carbocycles. The number of aromatic nitrogens is 1. The highest BCUT2D eigenvalue weighted by atomic mass is 16.5. The first kappa shape index (κ1) is 15.7. The number of carbonyl (C=O) groups is 1. The van der Waals surface area contributed by atoms with Crippen LogP contribution in [0.15, 0.2) is 28.7 Å². The summed E-state index contributed by atoms with van der Waals surface area (Å²) >= 11 is 0. The average molecular weight is 314 g/mol. The van der Waals surface area contributed by atoms with Gasteiger partial charge in [-0.1, -0.05) is 32.0 Å². The summed E-state index contributed by atoms with van der Waals surface area (Å²) in [6, 6.07) is 7.93. The lowest BCUT2D eigenvalue weighted by Gasteiger charge is -2.33. The van der Waals surface area contributed by atoms with Crippen molar-refractivity contribution in [2.75, 3.05) is 18.6 Å². The second kappa shape index (κ2) is 6.16. The number of rotatable bonds is 3. The maximum atomic E-state index is 13.0. The number of fused-ring (bicyclic) bond motifs is 1. The van der Waals surface area contributed by atoms with Crippen LogP contribution in [-0.4, -0.2) is 30.6 Å². The zero-order valence-corrected chi connectivity index (χ0v) is 14.0. The second-order valence-corrected chi connectivity index (χ2v) is 6.23. The Kier molecular flexibility index (Phi) is 4.22. The molecule has 1 amide bonds. The van der Waals surface area contributed by atoms with E-state index in [1.807, 2.05) is 45.0 Å². The number of carbonyl (C=O) groups excluding carboxylic acids is 1. The molecule has 5 heteroatoms. The second-order valence-electron chi connectivity index (χ2n) is 6.23. The van der Waals surface area contributed by atoms with Crippen LogP contribution in [-0.2, 0) is 11.2 Å². The highest BCUT2D eigenvalue weighted by Crippen LogP contribution is 2.30. The highest BCUT2D eigenvalue weighted by Gasteiger charge is 2.32. The Balaban J connectivity index is 1.98. The minimum absolute atomic E-state index is 0.0124. The van der Waals surface area contributed by atoms with Crippen molar-refractivity contribution in [1.29, 1.82) is 0 Å². The molecule has 0 saturated heterocycles. The summed E-state index contributed by atoms with van der Waals surface area (Å²) in [5.74, 6) is 0.909. The van der Waals surface area contributed by atoms with Gasteiger partial charge in [-0.3, -0.25) is 4.79 Å². The van der Waals surface area contributed by atoms with Gasteiger partial charge in [0.1, 0.15) is 0 Å². The summed E-state index contributed by atoms with van der Waals surface area (Å²) < 4.78 is 11.2. The molecule has 0 unspecified atom stereocenters. The SMILES string of the molecule is CO[C@H]1Cc2ccccc2N(C(=O)c2oc(C(C)C)nc2C)C1. The lowest BCUT2D eigenvalue weighted by Crippen LogP contribution is -2.43. The van der Waals surface area contributed by atoms with Gasteiger partial charge in [-0.05, 0) is 18.6 Å². The molecule has 0 spiro atoms. The van der Waals surface area contributed by atoms with Gasteiger partial charge in [0.25, 0.3) is 5.91 Å². The van der Waals surface area contributed by atoms with Crippen molar-refractivity contribution < 1.29 is 13.9 Å². The molecule has 1 aromatic heterocycles. The van der Waals surface area contributed by atoms with Crippen molar-refractivity contribution in [3.8, 4) is 0 Å². The van der Waals surface area contributed by atoms with E-state index in [1.54, 1.807) is 12.0 Å². The molecule has 0 N–H and O–H groups in total. The predicted molar refractivity (Wildman–Crippen MR) is 87.9 cm³/mol. The molecule has 0 fully saturated rings. The first-order valence-corrected chi connectivity index (χ1v) is 7.91. The van der Waals surface area contributed by atoms with E-state index in [0.717, 1.165) is 17.7 Å². The normalized spacial score (nSPS) is 17.4. The Morgan fingerprint density at radius 3 is 2.78 bits per heavy atom. The van der Waals surface area contributed by atoms with Gasteiger partial charge >= 0.3 is 0 Å². The van der Waals surface area contributed by atoms with Gasteiger partial charge in [-0.2, -0.15) is 0 Å². The maximum absolute atomic E-state index is 13.0. The Morgan fingerprint density at radius 2 is 2.13 bits per heavy atom. The molecule has 2 aromatic rings. The number of ether oxygens (including phenoxy) is 1. The first-order valence-electron chi connectivity index (χ1n) is 7.91. The molecule has 0 bridgehead atoms. The zero-order valence-electron chi connectivity index (χ0n) is 14.0. The topological polar surface area (TPSA) is 55.6 Å². The van der Waals surface area contributed by atoms with Crippen molar-refractivity contribution in [2.45, 2.75) is 39.2 Å². The Morgan fingerprint density at radius 1 is 1.39 bits per heavy atom. The van der Waals surface area contributed by atoms with Gasteiger partial charge in [-0.25, -0.2) is 4.98 Å². The molecule has 122 valence electrons. The molecule has 1 aliphatic rings. The number of benzene rings is 1. The van der Waals surface area contributed by atoms with Crippen LogP contribution >= 0.6 is 0 Å². The van der Waals surface area contributed by atoms with Crippen LogP contribution in [0.5, 0.6) is 0 Å². The maximum Gasteiger partial charge on any atom is 0.296 e. The fourth-order valence-corrected chi connectivity index (χ4v) is 2.89. The van der Waals surface area contributed by atoms with Gasteiger partial charge in [0.15, 0.2) is 5.89 Å². The van der Waals surface area contributed by atoms with Crippen molar-refractivity contribution in [2.24, 2.45) is 0 Å². The Bertz CT molecular complexity index is 721. The molecule has 1 aromatic carbocycles. The number of hydrogen-bond acceptors (Lipinski definition) is 4. The Hall–Kier alpha value is -2.14. The van der Waals surface area contributed by atoms with Crippen LogP contribution < -0.4 is 4.90 Å². The van der Waals surface area contributed by atoms with Gasteiger partial charge in [-0.15, -0.1) is 0 Å². The smallest absolute Gasteiger partial charge is 0.296 e. The number of amides is 1. The highest BCUT2D eigenvalue weighted by molar-refractivity contribution is 6.05. The van der Waals surface area contributed by atoms with Crippen molar-refractivity contribution in [3.05, 3.63) is 47.2 Å². The van der Waals surface area contributed by atoms with Crippen LogP contribution in [0.4, 0.5) is 5.69 Å². The molecular formula is C18H22N2O3. The molecule has 1 atom stereocenters. The molecule has 0 aliphatic carbocycles. The number of hydrogen-bond donors (Lipinski definition) is 0. The third kappa shape index (κ3) is 2.88. The van der Waals surface area contributed by atoms with Crippen LogP contribution in [0.3, 0.4) is 0 Å². The molecule has 1 aliphatic heterocycles. The molecule has 2 heterocycles. The summed E-state index contributed by atoms with van der Waals surface area (Å²) in [6.45, 7) is 6.32. The zero-order chi connectivity index (χ0) is 16.6. The van der Waals surface area contributed by atoms with E-state index in [2.05, 4.69) is 4.98 Å². The summed E-state index contributed by atoms with van der Waals surface area (Å²) in [6.07, 6.45) is 0.796. The Labute approximate surface area is 136 Å². The number of methoxy groups -OCH3 is 1. The summed E-state index contributed by atoms with van der Waals surface area (Å²) in [4.78, 5) is 19.1. The lowest BCUT2D eigenvalue weighted by atomic mass is 9.99. The van der Waals surface area contributed by atoms with Crippen molar-refractivity contribution in [1.82, 2.24) is 4.98 Å². The number of anilines is 1. The lowest BCUT2D eigenvalue weighted by molar-refractivity contribution is 0.0849. The van der Waals surface area contributed by atoms with Gasteiger partial charge in [0.05, 0.1) is 18.3 Å². The average Bonchev–Trinajstić information content (AvgIpc) is 2.95. The van der Waals surface area contributed by atoms with Gasteiger partial charge < -0.3 is 14.1 Å². The van der Waals surface area contributed by atoms with E-state index in [0.29, 0.717) is 23.9 Å². The molecule has 3 rings (SSSR count). The largest absolute Gasteiger partial charge is 0.435 e.